The lowest BCUT2D eigenvalue weighted by molar-refractivity contribution is 0.286. The molecule has 0 radical (unpaired) electrons. The lowest BCUT2D eigenvalue weighted by Gasteiger charge is -2.08. The van der Waals surface area contributed by atoms with Gasteiger partial charge in [-0.15, -0.1) is 0 Å². The minimum atomic E-state index is -0.419. The largest absolute Gasteiger partial charge is 0.484 e. The van der Waals surface area contributed by atoms with E-state index in [1.54, 1.807) is 30.3 Å². The molecule has 0 atom stereocenters. The van der Waals surface area contributed by atoms with Crippen LogP contribution < -0.4 is 16.0 Å². The van der Waals surface area contributed by atoms with E-state index in [-0.39, 0.29) is 12.4 Å². The number of ether oxygens (including phenoxy) is 1. The molecule has 0 aliphatic carbocycles. The number of nitrogen functional groups attached to an aromatic ring is 1. The molecule has 0 aliphatic rings. The summed E-state index contributed by atoms with van der Waals surface area (Å²) in [6.45, 7) is 0.175. The number of hydrogen-bond donors (Lipinski definition) is 2. The number of hydrogen-bond acceptors (Lipinski definition) is 4. The van der Waals surface area contributed by atoms with Crippen LogP contribution in [-0.2, 0) is 6.61 Å². The third-order valence-electron chi connectivity index (χ3n) is 2.22. The average Bonchev–Trinajstić information content (AvgIpc) is 2.38. The van der Waals surface area contributed by atoms with E-state index >= 15 is 0 Å². The number of aromatic nitrogens is 1. The van der Waals surface area contributed by atoms with Gasteiger partial charge in [-0.3, -0.25) is 0 Å². The van der Waals surface area contributed by atoms with Crippen molar-refractivity contribution < 1.29 is 9.13 Å². The average molecular weight is 312 g/mol. The van der Waals surface area contributed by atoms with Gasteiger partial charge in [-0.25, -0.2) is 15.2 Å². The van der Waals surface area contributed by atoms with E-state index in [2.05, 4.69) is 26.3 Å². The Morgan fingerprint density at radius 1 is 1.33 bits per heavy atom. The summed E-state index contributed by atoms with van der Waals surface area (Å²) in [5.74, 6) is 5.55. The predicted octanol–water partition coefficient (Wildman–Crippen LogP) is 2.85. The molecule has 0 fully saturated rings. The monoisotopic (exact) mass is 311 g/mol. The highest BCUT2D eigenvalue weighted by atomic mass is 79.9. The van der Waals surface area contributed by atoms with Crippen molar-refractivity contribution in [1.82, 2.24) is 4.98 Å². The first kappa shape index (κ1) is 12.8. The summed E-state index contributed by atoms with van der Waals surface area (Å²) in [7, 11) is 0. The maximum atomic E-state index is 13.5. The van der Waals surface area contributed by atoms with Crippen LogP contribution in [-0.4, -0.2) is 4.98 Å². The van der Waals surface area contributed by atoms with Crippen molar-refractivity contribution in [3.63, 3.8) is 0 Å². The first-order chi connectivity index (χ1) is 8.69. The van der Waals surface area contributed by atoms with Crippen molar-refractivity contribution in [2.75, 3.05) is 5.43 Å². The Morgan fingerprint density at radius 2 is 2.17 bits per heavy atom. The van der Waals surface area contributed by atoms with Gasteiger partial charge in [0.25, 0.3) is 0 Å². The minimum Gasteiger partial charge on any atom is -0.484 e. The number of hydrazine groups is 1. The normalized spacial score (nSPS) is 10.2. The molecule has 4 nitrogen and oxygen atoms in total. The van der Waals surface area contributed by atoms with E-state index in [9.17, 15) is 4.39 Å². The van der Waals surface area contributed by atoms with Crippen molar-refractivity contribution in [1.29, 1.82) is 0 Å². The third-order valence-corrected chi connectivity index (χ3v) is 2.72. The number of nitrogens with two attached hydrogens (primary N) is 1. The van der Waals surface area contributed by atoms with Gasteiger partial charge in [-0.1, -0.05) is 22.0 Å². The number of halogens is 2. The smallest absolute Gasteiger partial charge is 0.166 e. The first-order valence-electron chi connectivity index (χ1n) is 5.19. The Kier molecular flexibility index (Phi) is 4.11. The minimum absolute atomic E-state index is 0.175. The maximum Gasteiger partial charge on any atom is 0.166 e. The van der Waals surface area contributed by atoms with Crippen LogP contribution in [0.25, 0.3) is 0 Å². The molecular weight excluding hydrogens is 301 g/mol. The van der Waals surface area contributed by atoms with Gasteiger partial charge in [-0.2, -0.15) is 0 Å². The van der Waals surface area contributed by atoms with E-state index in [4.69, 9.17) is 10.6 Å². The highest BCUT2D eigenvalue weighted by molar-refractivity contribution is 9.10. The fourth-order valence-electron chi connectivity index (χ4n) is 1.38. The molecule has 0 saturated carbocycles. The Morgan fingerprint density at radius 3 is 2.89 bits per heavy atom. The summed E-state index contributed by atoms with van der Waals surface area (Å²) in [5.41, 5.74) is 3.10. The molecule has 1 aromatic carbocycles. The van der Waals surface area contributed by atoms with E-state index < -0.39 is 5.82 Å². The summed E-state index contributed by atoms with van der Waals surface area (Å²) in [6.07, 6.45) is 0. The molecule has 3 N–H and O–H groups in total. The second-order valence-corrected chi connectivity index (χ2v) is 4.44. The van der Waals surface area contributed by atoms with Gasteiger partial charge in [0, 0.05) is 4.47 Å². The quantitative estimate of drug-likeness (QED) is 0.673. The third kappa shape index (κ3) is 3.18. The zero-order chi connectivity index (χ0) is 13.0. The van der Waals surface area contributed by atoms with Crippen molar-refractivity contribution in [2.24, 2.45) is 5.84 Å². The summed E-state index contributed by atoms with van der Waals surface area (Å²) in [6, 6.07) is 9.91. The Hall–Kier alpha value is -1.66. The lowest BCUT2D eigenvalue weighted by Crippen LogP contribution is -2.10. The molecule has 1 aromatic heterocycles. The summed E-state index contributed by atoms with van der Waals surface area (Å²) in [5, 5.41) is 0. The number of anilines is 1. The zero-order valence-corrected chi connectivity index (χ0v) is 10.9. The van der Waals surface area contributed by atoms with Crippen molar-refractivity contribution >= 4 is 21.7 Å². The molecule has 0 unspecified atom stereocenters. The summed E-state index contributed by atoms with van der Waals surface area (Å²) in [4.78, 5) is 4.16. The SMILES string of the molecule is NNc1cccc(COc2ccc(Br)cc2F)n1. The van der Waals surface area contributed by atoms with Crippen LogP contribution >= 0.6 is 15.9 Å². The Labute approximate surface area is 112 Å². The molecule has 0 bridgehead atoms. The number of nitrogens with zero attached hydrogens (tertiary/aromatic N) is 1. The van der Waals surface area contributed by atoms with Gasteiger partial charge in [0.1, 0.15) is 12.4 Å². The van der Waals surface area contributed by atoms with Gasteiger partial charge in [-0.05, 0) is 30.3 Å². The van der Waals surface area contributed by atoms with Gasteiger partial charge in [0.2, 0.25) is 0 Å². The van der Waals surface area contributed by atoms with Crippen LogP contribution in [0.5, 0.6) is 5.75 Å². The Balaban J connectivity index is 2.06. The molecule has 2 rings (SSSR count). The second-order valence-electron chi connectivity index (χ2n) is 3.52. The van der Waals surface area contributed by atoms with Crippen LogP contribution in [0.1, 0.15) is 5.69 Å². The Bertz CT molecular complexity index is 551. The number of benzene rings is 1. The van der Waals surface area contributed by atoms with Crippen molar-refractivity contribution in [3.05, 3.63) is 52.4 Å². The second kappa shape index (κ2) is 5.79. The van der Waals surface area contributed by atoms with Crippen LogP contribution in [0.3, 0.4) is 0 Å². The molecule has 0 amide bonds. The van der Waals surface area contributed by atoms with Crippen LogP contribution in [0, 0.1) is 5.82 Å². The van der Waals surface area contributed by atoms with Crippen LogP contribution in [0.2, 0.25) is 0 Å². The molecule has 18 heavy (non-hydrogen) atoms. The van der Waals surface area contributed by atoms with E-state index in [1.807, 2.05) is 0 Å². The molecule has 2 aromatic rings. The predicted molar refractivity (Wildman–Crippen MR) is 70.5 cm³/mol. The molecular formula is C12H11BrFN3O. The van der Waals surface area contributed by atoms with E-state index in [0.29, 0.717) is 16.0 Å². The zero-order valence-electron chi connectivity index (χ0n) is 9.36. The van der Waals surface area contributed by atoms with Gasteiger partial charge in [0.15, 0.2) is 11.6 Å². The summed E-state index contributed by atoms with van der Waals surface area (Å²) >= 11 is 3.18. The molecule has 6 heteroatoms. The van der Waals surface area contributed by atoms with Crippen LogP contribution in [0.4, 0.5) is 10.2 Å². The van der Waals surface area contributed by atoms with E-state index in [0.717, 1.165) is 0 Å². The maximum absolute atomic E-state index is 13.5. The number of rotatable bonds is 4. The topological polar surface area (TPSA) is 60.2 Å². The molecule has 0 spiro atoms. The van der Waals surface area contributed by atoms with E-state index in [1.165, 1.54) is 6.07 Å². The fourth-order valence-corrected chi connectivity index (χ4v) is 1.72. The van der Waals surface area contributed by atoms with Gasteiger partial charge in [0.05, 0.1) is 5.69 Å². The molecule has 94 valence electrons. The molecule has 0 aliphatic heterocycles. The van der Waals surface area contributed by atoms with Crippen molar-refractivity contribution in [2.45, 2.75) is 6.61 Å². The highest BCUT2D eigenvalue weighted by Gasteiger charge is 2.05. The number of nitrogens with one attached hydrogen (secondary N) is 1. The molecule has 0 saturated heterocycles. The van der Waals surface area contributed by atoms with Crippen LogP contribution in [0.15, 0.2) is 40.9 Å². The standard InChI is InChI=1S/C12H11BrFN3O/c13-8-4-5-11(10(14)6-8)18-7-9-2-1-3-12(16-9)17-15/h1-6H,7,15H2,(H,16,17). The fraction of sp³-hybridized carbons (Fsp3) is 0.0833. The van der Waals surface area contributed by atoms with Crippen molar-refractivity contribution in [3.8, 4) is 5.75 Å². The first-order valence-corrected chi connectivity index (χ1v) is 5.99. The molecule has 1 heterocycles. The number of pyridine rings is 1. The van der Waals surface area contributed by atoms with Gasteiger partial charge < -0.3 is 10.2 Å². The lowest BCUT2D eigenvalue weighted by atomic mass is 10.3. The highest BCUT2D eigenvalue weighted by Crippen LogP contribution is 2.22. The summed E-state index contributed by atoms with van der Waals surface area (Å²) < 4.78 is 19.5. The van der Waals surface area contributed by atoms with Gasteiger partial charge >= 0.3 is 0 Å².